The molecule has 0 fully saturated rings. The van der Waals surface area contributed by atoms with Crippen molar-refractivity contribution in [2.45, 2.75) is 6.92 Å². The molecule has 0 saturated carbocycles. The molecule has 0 aliphatic carbocycles. The molecule has 0 spiro atoms. The summed E-state index contributed by atoms with van der Waals surface area (Å²) in [5, 5.41) is 9.58. The molecule has 4 heteroatoms. The second kappa shape index (κ2) is 3.13. The minimum Gasteiger partial charge on any atom is -0.475 e. The normalized spacial score (nSPS) is 10.7. The molecule has 1 aromatic heterocycles. The summed E-state index contributed by atoms with van der Waals surface area (Å²) in [6.07, 6.45) is 0. The molecule has 1 aromatic carbocycles. The number of carbonyl (C=O) groups is 1. The zero-order chi connectivity index (χ0) is 10.3. The van der Waals surface area contributed by atoms with Crippen LogP contribution in [0.25, 0.3) is 11.0 Å². The molecular formula is C10H7BrO3. The molecule has 0 atom stereocenters. The summed E-state index contributed by atoms with van der Waals surface area (Å²) >= 11 is 3.32. The number of carboxylic acids is 1. The molecule has 0 unspecified atom stereocenters. The Hall–Kier alpha value is -1.29. The molecule has 72 valence electrons. The van der Waals surface area contributed by atoms with E-state index in [0.29, 0.717) is 5.58 Å². The highest BCUT2D eigenvalue weighted by Gasteiger charge is 2.11. The van der Waals surface area contributed by atoms with Gasteiger partial charge in [-0.15, -0.1) is 0 Å². The van der Waals surface area contributed by atoms with Crippen molar-refractivity contribution in [2.75, 3.05) is 0 Å². The molecular weight excluding hydrogens is 248 g/mol. The summed E-state index contributed by atoms with van der Waals surface area (Å²) < 4.78 is 6.04. The van der Waals surface area contributed by atoms with Crippen molar-refractivity contribution in [3.05, 3.63) is 34.0 Å². The Balaban J connectivity index is 2.76. The molecule has 0 radical (unpaired) electrons. The van der Waals surface area contributed by atoms with Crippen LogP contribution in [0.3, 0.4) is 0 Å². The number of halogens is 1. The zero-order valence-electron chi connectivity index (χ0n) is 7.37. The number of aryl methyl sites for hydroxylation is 1. The van der Waals surface area contributed by atoms with Crippen molar-refractivity contribution in [1.29, 1.82) is 0 Å². The van der Waals surface area contributed by atoms with Gasteiger partial charge >= 0.3 is 5.97 Å². The third kappa shape index (κ3) is 1.42. The number of furan rings is 1. The Morgan fingerprint density at radius 3 is 2.79 bits per heavy atom. The Bertz CT molecular complexity index is 513. The average molecular weight is 255 g/mol. The van der Waals surface area contributed by atoms with Gasteiger partial charge < -0.3 is 9.52 Å². The van der Waals surface area contributed by atoms with Gasteiger partial charge in [0.1, 0.15) is 5.58 Å². The first-order valence-electron chi connectivity index (χ1n) is 4.01. The van der Waals surface area contributed by atoms with Gasteiger partial charge in [-0.05, 0) is 30.7 Å². The minimum absolute atomic E-state index is 0.0267. The molecule has 0 aliphatic heterocycles. The molecule has 1 heterocycles. The fourth-order valence-electron chi connectivity index (χ4n) is 1.38. The third-order valence-corrected chi connectivity index (χ3v) is 2.48. The Kier molecular flexibility index (Phi) is 2.07. The Morgan fingerprint density at radius 2 is 2.14 bits per heavy atom. The molecule has 3 nitrogen and oxygen atoms in total. The van der Waals surface area contributed by atoms with Crippen LogP contribution in [0.5, 0.6) is 0 Å². The lowest BCUT2D eigenvalue weighted by atomic mass is 10.1. The van der Waals surface area contributed by atoms with Crippen LogP contribution in [0.4, 0.5) is 0 Å². The van der Waals surface area contributed by atoms with E-state index in [-0.39, 0.29) is 5.76 Å². The lowest BCUT2D eigenvalue weighted by Gasteiger charge is -1.94. The summed E-state index contributed by atoms with van der Waals surface area (Å²) in [7, 11) is 0. The van der Waals surface area contributed by atoms with Crippen LogP contribution in [0.15, 0.2) is 27.1 Å². The number of aromatic carboxylic acids is 1. The molecule has 2 aromatic rings. The summed E-state index contributed by atoms with van der Waals surface area (Å²) in [4.78, 5) is 10.7. The first-order valence-corrected chi connectivity index (χ1v) is 4.80. The van der Waals surface area contributed by atoms with E-state index in [1.807, 2.05) is 13.0 Å². The number of rotatable bonds is 1. The van der Waals surface area contributed by atoms with Crippen LogP contribution in [0.2, 0.25) is 0 Å². The van der Waals surface area contributed by atoms with Gasteiger partial charge in [-0.1, -0.05) is 15.9 Å². The van der Waals surface area contributed by atoms with E-state index in [0.717, 1.165) is 15.4 Å². The SMILES string of the molecule is Cc1cc(Br)cc2oc(C(=O)O)cc12. The first-order chi connectivity index (χ1) is 6.58. The monoisotopic (exact) mass is 254 g/mol. The summed E-state index contributed by atoms with van der Waals surface area (Å²) in [5.41, 5.74) is 1.58. The van der Waals surface area contributed by atoms with E-state index in [2.05, 4.69) is 15.9 Å². The fourth-order valence-corrected chi connectivity index (χ4v) is 1.93. The second-order valence-corrected chi connectivity index (χ2v) is 3.97. The average Bonchev–Trinajstić information content (AvgIpc) is 2.47. The van der Waals surface area contributed by atoms with Gasteiger partial charge in [-0.25, -0.2) is 4.79 Å². The van der Waals surface area contributed by atoms with E-state index < -0.39 is 5.97 Å². The van der Waals surface area contributed by atoms with Gasteiger partial charge in [-0.2, -0.15) is 0 Å². The van der Waals surface area contributed by atoms with Crippen molar-refractivity contribution >= 4 is 32.9 Å². The lowest BCUT2D eigenvalue weighted by Crippen LogP contribution is -1.91. The number of fused-ring (bicyclic) bond motifs is 1. The van der Waals surface area contributed by atoms with Crippen molar-refractivity contribution < 1.29 is 14.3 Å². The van der Waals surface area contributed by atoms with Crippen LogP contribution in [-0.2, 0) is 0 Å². The maximum atomic E-state index is 10.7. The Labute approximate surface area is 88.5 Å². The predicted molar refractivity (Wildman–Crippen MR) is 55.6 cm³/mol. The minimum atomic E-state index is -1.04. The van der Waals surface area contributed by atoms with Crippen LogP contribution < -0.4 is 0 Å². The topological polar surface area (TPSA) is 50.4 Å². The van der Waals surface area contributed by atoms with Crippen LogP contribution in [0.1, 0.15) is 16.1 Å². The quantitative estimate of drug-likeness (QED) is 0.851. The van der Waals surface area contributed by atoms with Gasteiger partial charge in [0.05, 0.1) is 0 Å². The highest BCUT2D eigenvalue weighted by atomic mass is 79.9. The van der Waals surface area contributed by atoms with E-state index >= 15 is 0 Å². The van der Waals surface area contributed by atoms with E-state index in [1.165, 1.54) is 0 Å². The number of hydrogen-bond acceptors (Lipinski definition) is 2. The van der Waals surface area contributed by atoms with Crippen molar-refractivity contribution in [3.8, 4) is 0 Å². The van der Waals surface area contributed by atoms with Crippen molar-refractivity contribution in [1.82, 2.24) is 0 Å². The standard InChI is InChI=1S/C10H7BrO3/c1-5-2-6(11)3-8-7(5)4-9(14-8)10(12)13/h2-4H,1H3,(H,12,13). The fraction of sp³-hybridized carbons (Fsp3) is 0.100. The summed E-state index contributed by atoms with van der Waals surface area (Å²) in [6.45, 7) is 1.91. The smallest absolute Gasteiger partial charge is 0.371 e. The molecule has 0 bridgehead atoms. The Morgan fingerprint density at radius 1 is 1.43 bits per heavy atom. The number of benzene rings is 1. The van der Waals surface area contributed by atoms with E-state index in [1.54, 1.807) is 12.1 Å². The van der Waals surface area contributed by atoms with E-state index in [9.17, 15) is 4.79 Å². The maximum absolute atomic E-state index is 10.7. The molecule has 2 rings (SSSR count). The number of hydrogen-bond donors (Lipinski definition) is 1. The predicted octanol–water partition coefficient (Wildman–Crippen LogP) is 3.20. The maximum Gasteiger partial charge on any atom is 0.371 e. The van der Waals surface area contributed by atoms with Crippen molar-refractivity contribution in [2.24, 2.45) is 0 Å². The largest absolute Gasteiger partial charge is 0.475 e. The van der Waals surface area contributed by atoms with Gasteiger partial charge in [0.15, 0.2) is 0 Å². The van der Waals surface area contributed by atoms with Gasteiger partial charge in [0.2, 0.25) is 5.76 Å². The summed E-state index contributed by atoms with van der Waals surface area (Å²) in [5.74, 6) is -1.07. The second-order valence-electron chi connectivity index (χ2n) is 3.05. The van der Waals surface area contributed by atoms with Crippen LogP contribution in [0, 0.1) is 6.92 Å². The molecule has 1 N–H and O–H groups in total. The number of carboxylic acid groups (broad SMARTS) is 1. The van der Waals surface area contributed by atoms with E-state index in [4.69, 9.17) is 9.52 Å². The molecule has 14 heavy (non-hydrogen) atoms. The van der Waals surface area contributed by atoms with Crippen LogP contribution in [-0.4, -0.2) is 11.1 Å². The zero-order valence-corrected chi connectivity index (χ0v) is 8.96. The van der Waals surface area contributed by atoms with Gasteiger partial charge in [0, 0.05) is 9.86 Å². The molecule has 0 amide bonds. The first kappa shape index (κ1) is 9.27. The highest BCUT2D eigenvalue weighted by Crippen LogP contribution is 2.26. The lowest BCUT2D eigenvalue weighted by molar-refractivity contribution is 0.0665. The molecule has 0 aliphatic rings. The highest BCUT2D eigenvalue weighted by molar-refractivity contribution is 9.10. The third-order valence-electron chi connectivity index (χ3n) is 2.02. The van der Waals surface area contributed by atoms with Gasteiger partial charge in [-0.3, -0.25) is 0 Å². The van der Waals surface area contributed by atoms with Gasteiger partial charge in [0.25, 0.3) is 0 Å². The van der Waals surface area contributed by atoms with Crippen molar-refractivity contribution in [3.63, 3.8) is 0 Å². The summed E-state index contributed by atoms with van der Waals surface area (Å²) in [6, 6.07) is 5.22. The molecule has 0 saturated heterocycles. The van der Waals surface area contributed by atoms with Crippen LogP contribution >= 0.6 is 15.9 Å².